The van der Waals surface area contributed by atoms with Crippen LogP contribution in [0.3, 0.4) is 0 Å². The minimum Gasteiger partial charge on any atom is -0.493 e. The summed E-state index contributed by atoms with van der Waals surface area (Å²) >= 11 is 0. The molecule has 88 valence electrons. The second-order valence-corrected chi connectivity index (χ2v) is 3.91. The second-order valence-electron chi connectivity index (χ2n) is 3.91. The van der Waals surface area contributed by atoms with Crippen LogP contribution in [-0.4, -0.2) is 31.5 Å². The Kier molecular flexibility index (Phi) is 4.17. The van der Waals surface area contributed by atoms with Crippen molar-refractivity contribution in [1.82, 2.24) is 4.90 Å². The van der Waals surface area contributed by atoms with Crippen LogP contribution < -0.4 is 10.5 Å². The first-order valence-electron chi connectivity index (χ1n) is 5.20. The Labute approximate surface area is 96.0 Å². The van der Waals surface area contributed by atoms with Gasteiger partial charge in [-0.25, -0.2) is 0 Å². The molecular formula is C12H18N2O2. The fourth-order valence-corrected chi connectivity index (χ4v) is 1.31. The standard InChI is InChI=1S/C12H18N2O2/c1-9-8-10(13)4-5-11(9)16-7-6-12(15)14(2)3/h4-5,8H,6-7,13H2,1-3H3. The summed E-state index contributed by atoms with van der Waals surface area (Å²) < 4.78 is 5.51. The van der Waals surface area contributed by atoms with Crippen LogP contribution in [0, 0.1) is 6.92 Å². The number of anilines is 1. The number of ether oxygens (including phenoxy) is 1. The molecule has 1 aromatic rings. The quantitative estimate of drug-likeness (QED) is 0.784. The van der Waals surface area contributed by atoms with Crippen LogP contribution in [0.1, 0.15) is 12.0 Å². The molecule has 1 aromatic carbocycles. The number of amides is 1. The van der Waals surface area contributed by atoms with E-state index in [9.17, 15) is 4.79 Å². The van der Waals surface area contributed by atoms with E-state index in [-0.39, 0.29) is 5.91 Å². The minimum absolute atomic E-state index is 0.0631. The largest absolute Gasteiger partial charge is 0.493 e. The summed E-state index contributed by atoms with van der Waals surface area (Å²) in [7, 11) is 3.47. The van der Waals surface area contributed by atoms with Crippen LogP contribution >= 0.6 is 0 Å². The molecule has 0 radical (unpaired) electrons. The summed E-state index contributed by atoms with van der Waals surface area (Å²) in [4.78, 5) is 12.9. The van der Waals surface area contributed by atoms with Crippen LogP contribution in [0.25, 0.3) is 0 Å². The average Bonchev–Trinajstić information content (AvgIpc) is 2.20. The summed E-state index contributed by atoms with van der Waals surface area (Å²) in [6, 6.07) is 5.46. The van der Waals surface area contributed by atoms with Crippen molar-refractivity contribution in [1.29, 1.82) is 0 Å². The van der Waals surface area contributed by atoms with Crippen molar-refractivity contribution in [2.24, 2.45) is 0 Å². The number of carbonyl (C=O) groups excluding carboxylic acids is 1. The third-order valence-electron chi connectivity index (χ3n) is 2.27. The number of hydrogen-bond donors (Lipinski definition) is 1. The van der Waals surface area contributed by atoms with E-state index in [0.717, 1.165) is 11.3 Å². The molecule has 4 heteroatoms. The molecular weight excluding hydrogens is 204 g/mol. The zero-order valence-corrected chi connectivity index (χ0v) is 9.99. The Hall–Kier alpha value is -1.71. The highest BCUT2D eigenvalue weighted by atomic mass is 16.5. The fraction of sp³-hybridized carbons (Fsp3) is 0.417. The van der Waals surface area contributed by atoms with Gasteiger partial charge in [-0.15, -0.1) is 0 Å². The lowest BCUT2D eigenvalue weighted by atomic mass is 10.2. The number of nitrogens with zero attached hydrogens (tertiary/aromatic N) is 1. The number of aryl methyl sites for hydroxylation is 1. The molecule has 0 atom stereocenters. The first kappa shape index (κ1) is 12.4. The smallest absolute Gasteiger partial charge is 0.225 e. The molecule has 0 aromatic heterocycles. The second kappa shape index (κ2) is 5.39. The average molecular weight is 222 g/mol. The van der Waals surface area contributed by atoms with Crippen molar-refractivity contribution >= 4 is 11.6 Å². The lowest BCUT2D eigenvalue weighted by molar-refractivity contribution is -0.129. The predicted molar refractivity (Wildman–Crippen MR) is 64.4 cm³/mol. The SMILES string of the molecule is Cc1cc(N)ccc1OCCC(=O)N(C)C. The van der Waals surface area contributed by atoms with E-state index in [4.69, 9.17) is 10.5 Å². The zero-order chi connectivity index (χ0) is 12.1. The third kappa shape index (κ3) is 3.46. The zero-order valence-electron chi connectivity index (χ0n) is 9.99. The summed E-state index contributed by atoms with van der Waals surface area (Å²) in [6.45, 7) is 2.32. The maximum atomic E-state index is 11.3. The molecule has 0 unspecified atom stereocenters. The number of carbonyl (C=O) groups is 1. The molecule has 0 aliphatic heterocycles. The lowest BCUT2D eigenvalue weighted by Crippen LogP contribution is -2.23. The van der Waals surface area contributed by atoms with Gasteiger partial charge in [-0.2, -0.15) is 0 Å². The van der Waals surface area contributed by atoms with Crippen LogP contribution in [0.2, 0.25) is 0 Å². The minimum atomic E-state index is 0.0631. The number of benzene rings is 1. The molecule has 1 amide bonds. The van der Waals surface area contributed by atoms with Gasteiger partial charge >= 0.3 is 0 Å². The number of hydrogen-bond acceptors (Lipinski definition) is 3. The van der Waals surface area contributed by atoms with Crippen LogP contribution in [0.5, 0.6) is 5.75 Å². The monoisotopic (exact) mass is 222 g/mol. The molecule has 0 aliphatic carbocycles. The van der Waals surface area contributed by atoms with Gasteiger partial charge in [0.25, 0.3) is 0 Å². The van der Waals surface area contributed by atoms with Gasteiger partial charge in [0.05, 0.1) is 13.0 Å². The molecule has 0 spiro atoms. The number of rotatable bonds is 4. The van der Waals surface area contributed by atoms with Gasteiger partial charge in [0, 0.05) is 19.8 Å². The van der Waals surface area contributed by atoms with Gasteiger partial charge in [0.15, 0.2) is 0 Å². The van der Waals surface area contributed by atoms with Crippen molar-refractivity contribution in [2.75, 3.05) is 26.4 Å². The molecule has 4 nitrogen and oxygen atoms in total. The van der Waals surface area contributed by atoms with E-state index in [1.807, 2.05) is 19.1 Å². The highest BCUT2D eigenvalue weighted by Crippen LogP contribution is 2.20. The first-order chi connectivity index (χ1) is 7.50. The van der Waals surface area contributed by atoms with Gasteiger partial charge in [-0.05, 0) is 30.7 Å². The Morgan fingerprint density at radius 2 is 2.12 bits per heavy atom. The van der Waals surface area contributed by atoms with Gasteiger partial charge in [-0.3, -0.25) is 4.79 Å². The predicted octanol–water partition coefficient (Wildman–Crippen LogP) is 1.43. The number of nitrogen functional groups attached to an aromatic ring is 1. The normalized spacial score (nSPS) is 9.94. The van der Waals surface area contributed by atoms with Crippen molar-refractivity contribution in [3.05, 3.63) is 23.8 Å². The highest BCUT2D eigenvalue weighted by Gasteiger charge is 2.05. The summed E-state index contributed by atoms with van der Waals surface area (Å²) in [5.41, 5.74) is 7.33. The molecule has 0 saturated heterocycles. The van der Waals surface area contributed by atoms with Gasteiger partial charge < -0.3 is 15.4 Å². The maximum absolute atomic E-state index is 11.3. The molecule has 0 bridgehead atoms. The molecule has 0 fully saturated rings. The van der Waals surface area contributed by atoms with Crippen LogP contribution in [0.15, 0.2) is 18.2 Å². The molecule has 0 heterocycles. The Balaban J connectivity index is 2.46. The summed E-state index contributed by atoms with van der Waals surface area (Å²) in [5, 5.41) is 0. The molecule has 1 rings (SSSR count). The molecule has 16 heavy (non-hydrogen) atoms. The summed E-state index contributed by atoms with van der Waals surface area (Å²) in [6.07, 6.45) is 0.386. The van der Waals surface area contributed by atoms with Crippen LogP contribution in [-0.2, 0) is 4.79 Å². The fourth-order valence-electron chi connectivity index (χ4n) is 1.31. The van der Waals surface area contributed by atoms with E-state index < -0.39 is 0 Å². The topological polar surface area (TPSA) is 55.6 Å². The van der Waals surface area contributed by atoms with Gasteiger partial charge in [-0.1, -0.05) is 0 Å². The Bertz CT molecular complexity index is 375. The third-order valence-corrected chi connectivity index (χ3v) is 2.27. The van der Waals surface area contributed by atoms with Gasteiger partial charge in [0.2, 0.25) is 5.91 Å². The van der Waals surface area contributed by atoms with E-state index >= 15 is 0 Å². The summed E-state index contributed by atoms with van der Waals surface area (Å²) in [5.74, 6) is 0.842. The van der Waals surface area contributed by atoms with Crippen molar-refractivity contribution in [2.45, 2.75) is 13.3 Å². The van der Waals surface area contributed by atoms with Crippen molar-refractivity contribution in [3.8, 4) is 5.75 Å². The van der Waals surface area contributed by atoms with E-state index in [0.29, 0.717) is 18.7 Å². The molecule has 0 saturated carbocycles. The Morgan fingerprint density at radius 3 is 2.69 bits per heavy atom. The van der Waals surface area contributed by atoms with Crippen molar-refractivity contribution in [3.63, 3.8) is 0 Å². The Morgan fingerprint density at radius 1 is 1.44 bits per heavy atom. The van der Waals surface area contributed by atoms with E-state index in [2.05, 4.69) is 0 Å². The van der Waals surface area contributed by atoms with Gasteiger partial charge in [0.1, 0.15) is 5.75 Å². The first-order valence-corrected chi connectivity index (χ1v) is 5.20. The van der Waals surface area contributed by atoms with E-state index in [1.165, 1.54) is 0 Å². The maximum Gasteiger partial charge on any atom is 0.225 e. The lowest BCUT2D eigenvalue weighted by Gasteiger charge is -2.12. The number of nitrogens with two attached hydrogens (primary N) is 1. The highest BCUT2D eigenvalue weighted by molar-refractivity contribution is 5.75. The van der Waals surface area contributed by atoms with E-state index in [1.54, 1.807) is 25.1 Å². The molecule has 2 N–H and O–H groups in total. The van der Waals surface area contributed by atoms with Crippen LogP contribution in [0.4, 0.5) is 5.69 Å². The molecule has 0 aliphatic rings. The van der Waals surface area contributed by atoms with Crippen molar-refractivity contribution < 1.29 is 9.53 Å².